The molecule has 1 amide bonds. The predicted octanol–water partition coefficient (Wildman–Crippen LogP) is 5.19. The SMILES string of the molecule is CC(C)c1ccc(Nc2nnc(SCC(=O)N[C@H]3CCCC[C@H]3C)s2)cc1. The third-order valence-electron chi connectivity index (χ3n) is 5.02. The number of hydrogen-bond acceptors (Lipinski definition) is 6. The molecule has 0 saturated heterocycles. The lowest BCUT2D eigenvalue weighted by Crippen LogP contribution is -2.41. The van der Waals surface area contributed by atoms with E-state index >= 15 is 0 Å². The molecule has 1 aromatic heterocycles. The highest BCUT2D eigenvalue weighted by molar-refractivity contribution is 8.01. The molecule has 146 valence electrons. The lowest BCUT2D eigenvalue weighted by atomic mass is 9.86. The summed E-state index contributed by atoms with van der Waals surface area (Å²) in [6.07, 6.45) is 4.80. The highest BCUT2D eigenvalue weighted by atomic mass is 32.2. The highest BCUT2D eigenvalue weighted by Crippen LogP contribution is 2.29. The van der Waals surface area contributed by atoms with Crippen molar-refractivity contribution in [2.24, 2.45) is 5.92 Å². The van der Waals surface area contributed by atoms with Crippen LogP contribution in [-0.4, -0.2) is 27.9 Å². The Morgan fingerprint density at radius 3 is 2.67 bits per heavy atom. The van der Waals surface area contributed by atoms with Gasteiger partial charge in [-0.25, -0.2) is 0 Å². The third kappa shape index (κ3) is 5.94. The van der Waals surface area contributed by atoms with Crippen molar-refractivity contribution in [3.05, 3.63) is 29.8 Å². The molecule has 2 N–H and O–H groups in total. The van der Waals surface area contributed by atoms with E-state index < -0.39 is 0 Å². The minimum atomic E-state index is 0.0905. The zero-order valence-corrected chi connectivity index (χ0v) is 17.8. The monoisotopic (exact) mass is 404 g/mol. The summed E-state index contributed by atoms with van der Waals surface area (Å²) in [6.45, 7) is 6.59. The smallest absolute Gasteiger partial charge is 0.230 e. The van der Waals surface area contributed by atoms with E-state index in [1.165, 1.54) is 47.9 Å². The number of benzene rings is 1. The van der Waals surface area contributed by atoms with Crippen LogP contribution >= 0.6 is 23.1 Å². The summed E-state index contributed by atoms with van der Waals surface area (Å²) in [7, 11) is 0. The van der Waals surface area contributed by atoms with Crippen molar-refractivity contribution in [3.8, 4) is 0 Å². The molecule has 1 heterocycles. The molecule has 2 aromatic rings. The molecule has 2 atom stereocenters. The van der Waals surface area contributed by atoms with Crippen molar-refractivity contribution < 1.29 is 4.79 Å². The lowest BCUT2D eigenvalue weighted by molar-refractivity contribution is -0.119. The minimum absolute atomic E-state index is 0.0905. The van der Waals surface area contributed by atoms with Crippen LogP contribution in [0.2, 0.25) is 0 Å². The topological polar surface area (TPSA) is 66.9 Å². The first kappa shape index (κ1) is 20.1. The summed E-state index contributed by atoms with van der Waals surface area (Å²) in [5.74, 6) is 1.58. The molecule has 1 saturated carbocycles. The molecule has 0 spiro atoms. The van der Waals surface area contributed by atoms with Crippen molar-refractivity contribution in [1.82, 2.24) is 15.5 Å². The molecule has 0 radical (unpaired) electrons. The van der Waals surface area contributed by atoms with Gasteiger partial charge in [-0.05, 0) is 42.4 Å². The van der Waals surface area contributed by atoms with Crippen LogP contribution in [-0.2, 0) is 4.79 Å². The maximum absolute atomic E-state index is 12.2. The first-order valence-corrected chi connectivity index (χ1v) is 11.4. The van der Waals surface area contributed by atoms with E-state index in [1.54, 1.807) is 0 Å². The van der Waals surface area contributed by atoms with Crippen LogP contribution in [0.1, 0.15) is 57.9 Å². The molecule has 5 nitrogen and oxygen atoms in total. The second-order valence-electron chi connectivity index (χ2n) is 7.50. The van der Waals surface area contributed by atoms with Crippen LogP contribution in [0.3, 0.4) is 0 Å². The van der Waals surface area contributed by atoms with Gasteiger partial charge in [0.15, 0.2) is 4.34 Å². The Hall–Kier alpha value is -1.60. The Morgan fingerprint density at radius 2 is 1.96 bits per heavy atom. The summed E-state index contributed by atoms with van der Waals surface area (Å²) in [6, 6.07) is 8.69. The number of anilines is 2. The molecular weight excluding hydrogens is 376 g/mol. The number of rotatable bonds is 7. The molecular formula is C20H28N4OS2. The van der Waals surface area contributed by atoms with Gasteiger partial charge in [-0.3, -0.25) is 4.79 Å². The normalized spacial score (nSPS) is 19.9. The average Bonchev–Trinajstić information content (AvgIpc) is 3.10. The number of aromatic nitrogens is 2. The van der Waals surface area contributed by atoms with Gasteiger partial charge in [0, 0.05) is 11.7 Å². The standard InChI is InChI=1S/C20H28N4OS2/c1-13(2)15-8-10-16(11-9-15)21-19-23-24-20(27-19)26-12-18(25)22-17-7-5-4-6-14(17)3/h8-11,13-14,17H,4-7,12H2,1-3H3,(H,21,23)(H,22,25)/t14-,17+/m1/s1. The van der Waals surface area contributed by atoms with Crippen molar-refractivity contribution in [3.63, 3.8) is 0 Å². The highest BCUT2D eigenvalue weighted by Gasteiger charge is 2.22. The molecule has 7 heteroatoms. The molecule has 0 unspecified atom stereocenters. The van der Waals surface area contributed by atoms with Crippen molar-refractivity contribution >= 4 is 39.8 Å². The largest absolute Gasteiger partial charge is 0.352 e. The second kappa shape index (κ2) is 9.55. The fraction of sp³-hybridized carbons (Fsp3) is 0.550. The van der Waals surface area contributed by atoms with Gasteiger partial charge >= 0.3 is 0 Å². The van der Waals surface area contributed by atoms with Crippen LogP contribution in [0.5, 0.6) is 0 Å². The molecule has 1 aromatic carbocycles. The van der Waals surface area contributed by atoms with E-state index in [1.807, 2.05) is 0 Å². The Labute approximate surface area is 169 Å². The maximum atomic E-state index is 12.2. The fourth-order valence-corrected chi connectivity index (χ4v) is 4.88. The van der Waals surface area contributed by atoms with Gasteiger partial charge in [0.05, 0.1) is 5.75 Å². The Kier molecular flexibility index (Phi) is 7.13. The van der Waals surface area contributed by atoms with Crippen LogP contribution in [0.4, 0.5) is 10.8 Å². The zero-order valence-electron chi connectivity index (χ0n) is 16.2. The number of nitrogens with zero attached hydrogens (tertiary/aromatic N) is 2. The number of hydrogen-bond donors (Lipinski definition) is 2. The van der Waals surface area contributed by atoms with Crippen LogP contribution < -0.4 is 10.6 Å². The molecule has 0 aliphatic heterocycles. The van der Waals surface area contributed by atoms with E-state index in [9.17, 15) is 4.79 Å². The second-order valence-corrected chi connectivity index (χ2v) is 9.70. The van der Waals surface area contributed by atoms with E-state index in [0.29, 0.717) is 23.6 Å². The zero-order chi connectivity index (χ0) is 19.2. The van der Waals surface area contributed by atoms with Gasteiger partial charge in [0.1, 0.15) is 0 Å². The predicted molar refractivity (Wildman–Crippen MR) is 114 cm³/mol. The third-order valence-corrected chi connectivity index (χ3v) is 6.99. The number of thioether (sulfide) groups is 1. The van der Waals surface area contributed by atoms with Gasteiger partial charge in [0.2, 0.25) is 11.0 Å². The number of amides is 1. The summed E-state index contributed by atoms with van der Waals surface area (Å²) in [5, 5.41) is 15.6. The number of carbonyl (C=O) groups excluding carboxylic acids is 1. The summed E-state index contributed by atoms with van der Waals surface area (Å²) in [5.41, 5.74) is 2.31. The first-order chi connectivity index (χ1) is 13.0. The molecule has 27 heavy (non-hydrogen) atoms. The van der Waals surface area contributed by atoms with Crippen LogP contribution in [0.25, 0.3) is 0 Å². The van der Waals surface area contributed by atoms with Gasteiger partial charge in [-0.1, -0.05) is 68.8 Å². The summed E-state index contributed by atoms with van der Waals surface area (Å²) < 4.78 is 0.808. The fourth-order valence-electron chi connectivity index (χ4n) is 3.30. The lowest BCUT2D eigenvalue weighted by Gasteiger charge is -2.29. The van der Waals surface area contributed by atoms with Crippen molar-refractivity contribution in [2.45, 2.75) is 62.8 Å². The minimum Gasteiger partial charge on any atom is -0.352 e. The molecule has 1 fully saturated rings. The van der Waals surface area contributed by atoms with E-state index in [-0.39, 0.29) is 5.91 Å². The van der Waals surface area contributed by atoms with Crippen molar-refractivity contribution in [1.29, 1.82) is 0 Å². The Morgan fingerprint density at radius 1 is 1.22 bits per heavy atom. The van der Waals surface area contributed by atoms with Crippen LogP contribution in [0, 0.1) is 5.92 Å². The molecule has 1 aliphatic rings. The molecule has 1 aliphatic carbocycles. The van der Waals surface area contributed by atoms with E-state index in [0.717, 1.165) is 21.6 Å². The maximum Gasteiger partial charge on any atom is 0.230 e. The summed E-state index contributed by atoms with van der Waals surface area (Å²) in [4.78, 5) is 12.2. The Bertz CT molecular complexity index is 745. The van der Waals surface area contributed by atoms with E-state index in [4.69, 9.17) is 0 Å². The average molecular weight is 405 g/mol. The Balaban J connectivity index is 1.46. The van der Waals surface area contributed by atoms with Crippen molar-refractivity contribution in [2.75, 3.05) is 11.1 Å². The number of carbonyl (C=O) groups is 1. The van der Waals surface area contributed by atoms with Gasteiger partial charge < -0.3 is 10.6 Å². The van der Waals surface area contributed by atoms with E-state index in [2.05, 4.69) is 65.9 Å². The van der Waals surface area contributed by atoms with Gasteiger partial charge in [0.25, 0.3) is 0 Å². The van der Waals surface area contributed by atoms with Gasteiger partial charge in [-0.15, -0.1) is 10.2 Å². The molecule has 3 rings (SSSR count). The first-order valence-electron chi connectivity index (χ1n) is 9.64. The number of nitrogens with one attached hydrogen (secondary N) is 2. The van der Waals surface area contributed by atoms with Gasteiger partial charge in [-0.2, -0.15) is 0 Å². The summed E-state index contributed by atoms with van der Waals surface area (Å²) >= 11 is 2.93. The quantitative estimate of drug-likeness (QED) is 0.622. The molecule has 0 bridgehead atoms. The van der Waals surface area contributed by atoms with Crippen LogP contribution in [0.15, 0.2) is 28.6 Å².